The number of hydrogen-bond acceptors (Lipinski definition) is 4. The monoisotopic (exact) mass is 289 g/mol. The van der Waals surface area contributed by atoms with Crippen molar-refractivity contribution in [1.82, 2.24) is 0 Å². The lowest BCUT2D eigenvalue weighted by Crippen LogP contribution is -2.05. The molecule has 4 heteroatoms. The fourth-order valence-electron chi connectivity index (χ4n) is 2.11. The number of ether oxygens (including phenoxy) is 1. The van der Waals surface area contributed by atoms with E-state index < -0.39 is 0 Å². The molecule has 0 atom stereocenters. The Hall–Kier alpha value is -1.81. The molecule has 0 bridgehead atoms. The van der Waals surface area contributed by atoms with Crippen LogP contribution in [0.4, 0.5) is 5.69 Å². The highest BCUT2D eigenvalue weighted by atomic mass is 32.1. The summed E-state index contributed by atoms with van der Waals surface area (Å²) in [6, 6.07) is 6.30. The molecular weight excluding hydrogens is 270 g/mol. The fraction of sp³-hybridized carbons (Fsp3) is 0.312. The summed E-state index contributed by atoms with van der Waals surface area (Å²) >= 11 is 1.41. The van der Waals surface area contributed by atoms with Gasteiger partial charge in [-0.3, -0.25) is 0 Å². The molecule has 20 heavy (non-hydrogen) atoms. The van der Waals surface area contributed by atoms with Gasteiger partial charge in [-0.15, -0.1) is 11.3 Å². The standard InChI is InChI=1S/C16H19NO2S/c1-5-19-16(18)15-13(17)11(4)14(20-15)12-8-9(2)6-7-10(12)3/h6-8H,5,17H2,1-4H3. The van der Waals surface area contributed by atoms with Crippen LogP contribution < -0.4 is 5.73 Å². The van der Waals surface area contributed by atoms with Crippen molar-refractivity contribution in [2.45, 2.75) is 27.7 Å². The van der Waals surface area contributed by atoms with Crippen molar-refractivity contribution in [3.05, 3.63) is 39.8 Å². The summed E-state index contributed by atoms with van der Waals surface area (Å²) in [6.07, 6.45) is 0. The summed E-state index contributed by atoms with van der Waals surface area (Å²) in [5.74, 6) is -0.338. The minimum Gasteiger partial charge on any atom is -0.462 e. The van der Waals surface area contributed by atoms with Crippen molar-refractivity contribution in [2.75, 3.05) is 12.3 Å². The zero-order valence-electron chi connectivity index (χ0n) is 12.2. The number of anilines is 1. The number of rotatable bonds is 3. The molecule has 0 spiro atoms. The van der Waals surface area contributed by atoms with E-state index in [9.17, 15) is 4.79 Å². The second-order valence-corrected chi connectivity index (χ2v) is 5.86. The summed E-state index contributed by atoms with van der Waals surface area (Å²) < 4.78 is 5.06. The number of benzene rings is 1. The number of carbonyl (C=O) groups excluding carboxylic acids is 1. The molecule has 2 rings (SSSR count). The molecule has 2 N–H and O–H groups in total. The van der Waals surface area contributed by atoms with Crippen LogP contribution in [-0.2, 0) is 4.74 Å². The van der Waals surface area contributed by atoms with Gasteiger partial charge in [-0.2, -0.15) is 0 Å². The lowest BCUT2D eigenvalue weighted by atomic mass is 10.0. The number of aryl methyl sites for hydroxylation is 2. The number of carbonyl (C=O) groups is 1. The molecule has 1 heterocycles. The van der Waals surface area contributed by atoms with E-state index >= 15 is 0 Å². The maximum Gasteiger partial charge on any atom is 0.350 e. The van der Waals surface area contributed by atoms with Crippen molar-refractivity contribution in [1.29, 1.82) is 0 Å². The van der Waals surface area contributed by atoms with Gasteiger partial charge >= 0.3 is 5.97 Å². The van der Waals surface area contributed by atoms with Crippen LogP contribution in [0.1, 0.15) is 33.3 Å². The molecule has 2 aromatic rings. The number of esters is 1. The molecule has 0 amide bonds. The molecule has 1 aromatic carbocycles. The van der Waals surface area contributed by atoms with Gasteiger partial charge in [0.1, 0.15) is 4.88 Å². The second-order valence-electron chi connectivity index (χ2n) is 4.84. The Morgan fingerprint density at radius 1 is 1.30 bits per heavy atom. The maximum atomic E-state index is 11.9. The molecule has 1 aromatic heterocycles. The Bertz CT molecular complexity index is 659. The van der Waals surface area contributed by atoms with E-state index in [4.69, 9.17) is 10.5 Å². The van der Waals surface area contributed by atoms with E-state index in [0.717, 1.165) is 16.0 Å². The SMILES string of the molecule is CCOC(=O)c1sc(-c2cc(C)ccc2C)c(C)c1N. The van der Waals surface area contributed by atoms with E-state index in [1.165, 1.54) is 22.5 Å². The first kappa shape index (κ1) is 14.6. The van der Waals surface area contributed by atoms with Crippen molar-refractivity contribution in [3.63, 3.8) is 0 Å². The van der Waals surface area contributed by atoms with Crippen LogP contribution in [0.15, 0.2) is 18.2 Å². The number of nitrogen functional groups attached to an aromatic ring is 1. The summed E-state index contributed by atoms with van der Waals surface area (Å²) in [7, 11) is 0. The van der Waals surface area contributed by atoms with Crippen LogP contribution in [0.2, 0.25) is 0 Å². The quantitative estimate of drug-likeness (QED) is 0.865. The highest BCUT2D eigenvalue weighted by Crippen LogP contribution is 2.40. The van der Waals surface area contributed by atoms with Crippen molar-refractivity contribution < 1.29 is 9.53 Å². The normalized spacial score (nSPS) is 10.6. The maximum absolute atomic E-state index is 11.9. The second kappa shape index (κ2) is 5.67. The molecule has 0 unspecified atom stereocenters. The third kappa shape index (κ3) is 2.56. The third-order valence-corrected chi connectivity index (χ3v) is 4.61. The van der Waals surface area contributed by atoms with Crippen molar-refractivity contribution in [2.24, 2.45) is 0 Å². The predicted molar refractivity (Wildman–Crippen MR) is 84.3 cm³/mol. The summed E-state index contributed by atoms with van der Waals surface area (Å²) in [5.41, 5.74) is 11.1. The Balaban J connectivity index is 2.56. The smallest absolute Gasteiger partial charge is 0.350 e. The van der Waals surface area contributed by atoms with Crippen LogP contribution >= 0.6 is 11.3 Å². The van der Waals surface area contributed by atoms with Gasteiger partial charge in [0, 0.05) is 4.88 Å². The molecule has 0 aliphatic carbocycles. The zero-order valence-corrected chi connectivity index (χ0v) is 13.1. The van der Waals surface area contributed by atoms with Crippen LogP contribution in [-0.4, -0.2) is 12.6 Å². The molecule has 0 aliphatic rings. The average molecular weight is 289 g/mol. The average Bonchev–Trinajstić information content (AvgIpc) is 2.70. The summed E-state index contributed by atoms with van der Waals surface area (Å²) in [6.45, 7) is 8.22. The summed E-state index contributed by atoms with van der Waals surface area (Å²) in [4.78, 5) is 13.5. The molecule has 0 fully saturated rings. The van der Waals surface area contributed by atoms with Crippen LogP contribution in [0.3, 0.4) is 0 Å². The number of nitrogens with two attached hydrogens (primary N) is 1. The van der Waals surface area contributed by atoms with Gasteiger partial charge in [-0.1, -0.05) is 23.8 Å². The fourth-order valence-corrected chi connectivity index (χ4v) is 3.31. The minimum atomic E-state index is -0.338. The first-order valence-electron chi connectivity index (χ1n) is 6.59. The first-order valence-corrected chi connectivity index (χ1v) is 7.41. The largest absolute Gasteiger partial charge is 0.462 e. The predicted octanol–water partition coefficient (Wildman–Crippen LogP) is 4.10. The number of thiophene rings is 1. The van der Waals surface area contributed by atoms with E-state index in [1.54, 1.807) is 6.92 Å². The van der Waals surface area contributed by atoms with E-state index in [0.29, 0.717) is 17.2 Å². The summed E-state index contributed by atoms with van der Waals surface area (Å²) in [5, 5.41) is 0. The van der Waals surface area contributed by atoms with Gasteiger partial charge in [0.25, 0.3) is 0 Å². The molecular formula is C16H19NO2S. The molecule has 0 radical (unpaired) electrons. The number of hydrogen-bond donors (Lipinski definition) is 1. The molecule has 0 saturated carbocycles. The van der Waals surface area contributed by atoms with Gasteiger partial charge in [-0.05, 0) is 44.4 Å². The highest BCUT2D eigenvalue weighted by molar-refractivity contribution is 7.18. The molecule has 106 valence electrons. The van der Waals surface area contributed by atoms with Gasteiger partial charge in [0.05, 0.1) is 12.3 Å². The van der Waals surface area contributed by atoms with E-state index in [1.807, 2.05) is 6.92 Å². The molecule has 3 nitrogen and oxygen atoms in total. The third-order valence-electron chi connectivity index (χ3n) is 3.29. The van der Waals surface area contributed by atoms with Crippen LogP contribution in [0.25, 0.3) is 10.4 Å². The highest BCUT2D eigenvalue weighted by Gasteiger charge is 2.21. The van der Waals surface area contributed by atoms with Crippen molar-refractivity contribution >= 4 is 23.0 Å². The Morgan fingerprint density at radius 3 is 2.65 bits per heavy atom. The van der Waals surface area contributed by atoms with E-state index in [2.05, 4.69) is 32.0 Å². The van der Waals surface area contributed by atoms with Crippen molar-refractivity contribution in [3.8, 4) is 10.4 Å². The first-order chi connectivity index (χ1) is 9.45. The Kier molecular flexibility index (Phi) is 4.14. The lowest BCUT2D eigenvalue weighted by molar-refractivity contribution is 0.0533. The van der Waals surface area contributed by atoms with Gasteiger partial charge in [0.2, 0.25) is 0 Å². The van der Waals surface area contributed by atoms with Gasteiger partial charge in [-0.25, -0.2) is 4.79 Å². The topological polar surface area (TPSA) is 52.3 Å². The van der Waals surface area contributed by atoms with E-state index in [-0.39, 0.29) is 5.97 Å². The Morgan fingerprint density at radius 2 is 2.00 bits per heavy atom. The van der Waals surface area contributed by atoms with Gasteiger partial charge in [0.15, 0.2) is 0 Å². The molecule has 0 aliphatic heterocycles. The molecule has 0 saturated heterocycles. The van der Waals surface area contributed by atoms with Crippen LogP contribution in [0, 0.1) is 20.8 Å². The Labute approximate surface area is 123 Å². The van der Waals surface area contributed by atoms with Gasteiger partial charge < -0.3 is 10.5 Å². The van der Waals surface area contributed by atoms with Crippen LogP contribution in [0.5, 0.6) is 0 Å². The zero-order chi connectivity index (χ0) is 14.9. The minimum absolute atomic E-state index is 0.338. The lowest BCUT2D eigenvalue weighted by Gasteiger charge is -2.06.